The van der Waals surface area contributed by atoms with Crippen molar-refractivity contribution < 1.29 is 4.79 Å². The topological polar surface area (TPSA) is 46.3 Å². The maximum atomic E-state index is 13.0. The van der Waals surface area contributed by atoms with Crippen LogP contribution in [0.3, 0.4) is 0 Å². The van der Waals surface area contributed by atoms with Crippen LogP contribution in [0.25, 0.3) is 0 Å². The molecule has 1 aliphatic carbocycles. The van der Waals surface area contributed by atoms with Crippen LogP contribution in [0.1, 0.15) is 25.3 Å². The van der Waals surface area contributed by atoms with Gasteiger partial charge in [0.1, 0.15) is 0 Å². The minimum Gasteiger partial charge on any atom is -0.399 e. The first-order valence-corrected chi connectivity index (χ1v) is 7.40. The van der Waals surface area contributed by atoms with E-state index in [1.54, 1.807) is 0 Å². The molecule has 3 heteroatoms. The number of anilines is 2. The van der Waals surface area contributed by atoms with Gasteiger partial charge in [0.25, 0.3) is 0 Å². The average molecular weight is 280 g/mol. The van der Waals surface area contributed by atoms with Gasteiger partial charge in [-0.25, -0.2) is 0 Å². The molecule has 2 aromatic carbocycles. The Bertz CT molecular complexity index is 630. The molecule has 1 saturated carbocycles. The van der Waals surface area contributed by atoms with Crippen LogP contribution >= 0.6 is 0 Å². The lowest BCUT2D eigenvalue weighted by atomic mass is 9.94. The number of likely N-dealkylation sites (N-methyl/N-ethyl adjacent to an activating group) is 1. The van der Waals surface area contributed by atoms with Gasteiger partial charge >= 0.3 is 0 Å². The lowest BCUT2D eigenvalue weighted by molar-refractivity contribution is -0.121. The van der Waals surface area contributed by atoms with E-state index < -0.39 is 0 Å². The van der Waals surface area contributed by atoms with Crippen molar-refractivity contribution in [3.8, 4) is 0 Å². The van der Waals surface area contributed by atoms with E-state index in [2.05, 4.69) is 12.1 Å². The van der Waals surface area contributed by atoms with Crippen molar-refractivity contribution in [1.82, 2.24) is 0 Å². The van der Waals surface area contributed by atoms with Crippen molar-refractivity contribution in [3.63, 3.8) is 0 Å². The molecule has 0 spiro atoms. The van der Waals surface area contributed by atoms with E-state index in [0.717, 1.165) is 24.1 Å². The van der Waals surface area contributed by atoms with Gasteiger partial charge in [-0.2, -0.15) is 0 Å². The standard InChI is InChI=1S/C18H20N2O/c1-2-20(16-10-8-15(19)9-11-16)17(21)18(12-13-18)14-6-4-3-5-7-14/h3-11H,2,12-13,19H2,1H3. The smallest absolute Gasteiger partial charge is 0.237 e. The summed E-state index contributed by atoms with van der Waals surface area (Å²) in [6, 6.07) is 17.6. The van der Waals surface area contributed by atoms with E-state index in [4.69, 9.17) is 5.73 Å². The Hall–Kier alpha value is -2.29. The molecule has 1 aliphatic rings. The van der Waals surface area contributed by atoms with Gasteiger partial charge in [0.05, 0.1) is 5.41 Å². The van der Waals surface area contributed by atoms with Crippen LogP contribution in [-0.2, 0) is 10.2 Å². The lowest BCUT2D eigenvalue weighted by Crippen LogP contribution is -2.39. The fraction of sp³-hybridized carbons (Fsp3) is 0.278. The monoisotopic (exact) mass is 280 g/mol. The first-order valence-electron chi connectivity index (χ1n) is 7.40. The summed E-state index contributed by atoms with van der Waals surface area (Å²) in [6.45, 7) is 2.67. The van der Waals surface area contributed by atoms with Crippen LogP contribution in [0, 0.1) is 0 Å². The normalized spacial score (nSPS) is 15.5. The highest BCUT2D eigenvalue weighted by Crippen LogP contribution is 2.50. The molecule has 0 unspecified atom stereocenters. The summed E-state index contributed by atoms with van der Waals surface area (Å²) in [6.07, 6.45) is 1.86. The molecule has 0 aromatic heterocycles. The lowest BCUT2D eigenvalue weighted by Gasteiger charge is -2.26. The number of hydrogen-bond donors (Lipinski definition) is 1. The Morgan fingerprint density at radius 1 is 1.10 bits per heavy atom. The van der Waals surface area contributed by atoms with E-state index in [1.165, 1.54) is 0 Å². The zero-order valence-corrected chi connectivity index (χ0v) is 12.3. The van der Waals surface area contributed by atoms with Gasteiger partial charge in [0, 0.05) is 17.9 Å². The minimum absolute atomic E-state index is 0.195. The summed E-state index contributed by atoms with van der Waals surface area (Å²) in [5, 5.41) is 0. The number of hydrogen-bond acceptors (Lipinski definition) is 2. The van der Waals surface area contributed by atoms with Gasteiger partial charge < -0.3 is 10.6 Å². The van der Waals surface area contributed by atoms with Gasteiger partial charge in [-0.3, -0.25) is 4.79 Å². The second-order valence-corrected chi connectivity index (χ2v) is 5.59. The van der Waals surface area contributed by atoms with Crippen LogP contribution in [0.2, 0.25) is 0 Å². The number of nitrogens with zero attached hydrogens (tertiary/aromatic N) is 1. The Morgan fingerprint density at radius 3 is 2.24 bits per heavy atom. The number of carbonyl (C=O) groups is 1. The number of nitrogens with two attached hydrogens (primary N) is 1. The Kier molecular flexibility index (Phi) is 3.42. The van der Waals surface area contributed by atoms with Crippen LogP contribution in [0.4, 0.5) is 11.4 Å². The molecule has 0 heterocycles. The molecular formula is C18H20N2O. The third kappa shape index (κ3) is 2.40. The van der Waals surface area contributed by atoms with Crippen molar-refractivity contribution >= 4 is 17.3 Å². The Balaban J connectivity index is 1.91. The van der Waals surface area contributed by atoms with Crippen molar-refractivity contribution in [1.29, 1.82) is 0 Å². The van der Waals surface area contributed by atoms with Gasteiger partial charge in [-0.1, -0.05) is 30.3 Å². The molecule has 21 heavy (non-hydrogen) atoms. The molecule has 0 atom stereocenters. The zero-order chi connectivity index (χ0) is 14.9. The molecule has 0 bridgehead atoms. The summed E-state index contributed by atoms with van der Waals surface area (Å²) in [4.78, 5) is 14.9. The molecule has 0 saturated heterocycles. The number of amides is 1. The third-order valence-electron chi connectivity index (χ3n) is 4.25. The molecule has 2 N–H and O–H groups in total. The highest BCUT2D eigenvalue weighted by atomic mass is 16.2. The summed E-state index contributed by atoms with van der Waals surface area (Å²) >= 11 is 0. The number of carbonyl (C=O) groups excluding carboxylic acids is 1. The van der Waals surface area contributed by atoms with Gasteiger partial charge in [0.15, 0.2) is 0 Å². The molecule has 1 fully saturated rings. The van der Waals surface area contributed by atoms with E-state index in [0.29, 0.717) is 12.2 Å². The molecule has 108 valence electrons. The molecule has 2 aromatic rings. The van der Waals surface area contributed by atoms with Crippen molar-refractivity contribution in [2.75, 3.05) is 17.2 Å². The van der Waals surface area contributed by atoms with E-state index >= 15 is 0 Å². The highest BCUT2D eigenvalue weighted by molar-refractivity contribution is 6.03. The van der Waals surface area contributed by atoms with Crippen LogP contribution < -0.4 is 10.6 Å². The Labute approximate surface area is 125 Å². The first kappa shape index (κ1) is 13.7. The molecule has 3 rings (SSSR count). The molecule has 0 aliphatic heterocycles. The fourth-order valence-electron chi connectivity index (χ4n) is 2.86. The van der Waals surface area contributed by atoms with E-state index in [9.17, 15) is 4.79 Å². The summed E-state index contributed by atoms with van der Waals surface area (Å²) < 4.78 is 0. The van der Waals surface area contributed by atoms with Gasteiger partial charge in [0.2, 0.25) is 5.91 Å². The molecule has 1 amide bonds. The predicted octanol–water partition coefficient (Wildman–Crippen LogP) is 3.35. The van der Waals surface area contributed by atoms with Gasteiger partial charge in [-0.05, 0) is 49.6 Å². The van der Waals surface area contributed by atoms with Crippen molar-refractivity contribution in [3.05, 3.63) is 60.2 Å². The Morgan fingerprint density at radius 2 is 1.71 bits per heavy atom. The number of nitrogen functional groups attached to an aromatic ring is 1. The fourth-order valence-corrected chi connectivity index (χ4v) is 2.86. The second kappa shape index (κ2) is 5.24. The van der Waals surface area contributed by atoms with Crippen LogP contribution in [-0.4, -0.2) is 12.5 Å². The van der Waals surface area contributed by atoms with E-state index in [1.807, 2.05) is 54.3 Å². The average Bonchev–Trinajstić information content (AvgIpc) is 3.32. The van der Waals surface area contributed by atoms with Crippen molar-refractivity contribution in [2.24, 2.45) is 0 Å². The third-order valence-corrected chi connectivity index (χ3v) is 4.25. The van der Waals surface area contributed by atoms with Crippen LogP contribution in [0.5, 0.6) is 0 Å². The van der Waals surface area contributed by atoms with Crippen LogP contribution in [0.15, 0.2) is 54.6 Å². The predicted molar refractivity (Wildman–Crippen MR) is 86.2 cm³/mol. The highest BCUT2D eigenvalue weighted by Gasteiger charge is 2.52. The largest absolute Gasteiger partial charge is 0.399 e. The first-order chi connectivity index (χ1) is 10.2. The molecule has 3 nitrogen and oxygen atoms in total. The summed E-state index contributed by atoms with van der Waals surface area (Å²) in [5.41, 5.74) is 8.17. The SMILES string of the molecule is CCN(C(=O)C1(c2ccccc2)CC1)c1ccc(N)cc1. The minimum atomic E-state index is -0.321. The maximum absolute atomic E-state index is 13.0. The second-order valence-electron chi connectivity index (χ2n) is 5.59. The molecule has 0 radical (unpaired) electrons. The number of benzene rings is 2. The quantitative estimate of drug-likeness (QED) is 0.873. The van der Waals surface area contributed by atoms with E-state index in [-0.39, 0.29) is 11.3 Å². The maximum Gasteiger partial charge on any atom is 0.237 e. The van der Waals surface area contributed by atoms with Gasteiger partial charge in [-0.15, -0.1) is 0 Å². The van der Waals surface area contributed by atoms with Crippen molar-refractivity contribution in [2.45, 2.75) is 25.2 Å². The molecular weight excluding hydrogens is 260 g/mol. The summed E-state index contributed by atoms with van der Waals surface area (Å²) in [7, 11) is 0. The zero-order valence-electron chi connectivity index (χ0n) is 12.3. The number of rotatable bonds is 4. The summed E-state index contributed by atoms with van der Waals surface area (Å²) in [5.74, 6) is 0.195.